The second-order valence-corrected chi connectivity index (χ2v) is 10.7. The molecule has 2 fully saturated rings. The Balaban J connectivity index is 1.33. The number of imidazole rings is 1. The van der Waals surface area contributed by atoms with Gasteiger partial charge in [0, 0.05) is 30.6 Å². The van der Waals surface area contributed by atoms with Gasteiger partial charge in [0.05, 0.1) is 16.6 Å². The number of fused-ring (bicyclic) bond motifs is 1. The number of rotatable bonds is 11. The standard InChI is InChI=1S/C27H26ClF5N4O3/c28-18-4-3-15(12-35-25(39)26(5-6-26)27(31,32)33)7-16(18)8-23-36-19-9-17(24(38)34-11-14-1-2-14)21(10-20(19)37-23)40-13-22(29)30/h3-4,7,9-10,14,22H,1-2,5-6,8,11-13H2,(H,34,38)(H,35,39)(H,36,37). The van der Waals surface area contributed by atoms with Crippen molar-refractivity contribution in [1.82, 2.24) is 20.6 Å². The molecule has 214 valence electrons. The monoisotopic (exact) mass is 584 g/mol. The summed E-state index contributed by atoms with van der Waals surface area (Å²) in [5, 5.41) is 5.56. The van der Waals surface area contributed by atoms with Crippen LogP contribution in [0, 0.1) is 11.3 Å². The van der Waals surface area contributed by atoms with Crippen molar-refractivity contribution in [1.29, 1.82) is 0 Å². The molecule has 2 saturated carbocycles. The number of nitrogens with zero attached hydrogens (tertiary/aromatic N) is 1. The third kappa shape index (κ3) is 6.16. The Kier molecular flexibility index (Phi) is 7.64. The van der Waals surface area contributed by atoms with Crippen molar-refractivity contribution in [2.24, 2.45) is 11.3 Å². The largest absolute Gasteiger partial charge is 0.487 e. The van der Waals surface area contributed by atoms with Gasteiger partial charge in [0.2, 0.25) is 5.91 Å². The van der Waals surface area contributed by atoms with Crippen molar-refractivity contribution in [2.45, 2.75) is 51.3 Å². The molecule has 0 aliphatic heterocycles. The number of aromatic amines is 1. The molecular formula is C27H26ClF5N4O3. The number of benzene rings is 2. The molecule has 5 rings (SSSR count). The van der Waals surface area contributed by atoms with Crippen LogP contribution in [0.15, 0.2) is 30.3 Å². The van der Waals surface area contributed by atoms with Gasteiger partial charge in [-0.05, 0) is 54.9 Å². The molecule has 2 aromatic carbocycles. The van der Waals surface area contributed by atoms with E-state index in [4.69, 9.17) is 16.3 Å². The van der Waals surface area contributed by atoms with Gasteiger partial charge in [0.1, 0.15) is 23.6 Å². The molecule has 2 aliphatic rings. The first-order valence-electron chi connectivity index (χ1n) is 12.8. The van der Waals surface area contributed by atoms with Gasteiger partial charge in [-0.25, -0.2) is 13.8 Å². The molecule has 1 heterocycles. The molecule has 7 nitrogen and oxygen atoms in total. The van der Waals surface area contributed by atoms with E-state index < -0.39 is 36.4 Å². The molecule has 0 radical (unpaired) electrons. The van der Waals surface area contributed by atoms with Crippen molar-refractivity contribution in [3.63, 3.8) is 0 Å². The second kappa shape index (κ2) is 10.9. The predicted molar refractivity (Wildman–Crippen MR) is 136 cm³/mol. The number of carbonyl (C=O) groups excluding carboxylic acids is 2. The summed E-state index contributed by atoms with van der Waals surface area (Å²) in [5.41, 5.74) is -0.175. The van der Waals surface area contributed by atoms with Gasteiger partial charge in [-0.1, -0.05) is 23.7 Å². The van der Waals surface area contributed by atoms with Crippen LogP contribution in [0.2, 0.25) is 5.02 Å². The first-order chi connectivity index (χ1) is 18.9. The van der Waals surface area contributed by atoms with Gasteiger partial charge in [0.15, 0.2) is 0 Å². The summed E-state index contributed by atoms with van der Waals surface area (Å²) in [7, 11) is 0. The minimum Gasteiger partial charge on any atom is -0.487 e. The molecule has 3 N–H and O–H groups in total. The smallest absolute Gasteiger partial charge is 0.403 e. The Morgan fingerprint density at radius 3 is 2.55 bits per heavy atom. The van der Waals surface area contributed by atoms with Crippen molar-refractivity contribution >= 4 is 34.4 Å². The second-order valence-electron chi connectivity index (χ2n) is 10.3. The fraction of sp³-hybridized carbons (Fsp3) is 0.444. The third-order valence-corrected chi connectivity index (χ3v) is 7.51. The zero-order chi connectivity index (χ0) is 28.7. The van der Waals surface area contributed by atoms with E-state index in [1.807, 2.05) is 0 Å². The fourth-order valence-electron chi connectivity index (χ4n) is 4.45. The number of alkyl halides is 5. The van der Waals surface area contributed by atoms with E-state index in [2.05, 4.69) is 20.6 Å². The van der Waals surface area contributed by atoms with Crippen LogP contribution in [0.5, 0.6) is 5.75 Å². The predicted octanol–water partition coefficient (Wildman–Crippen LogP) is 5.55. The quantitative estimate of drug-likeness (QED) is 0.258. The summed E-state index contributed by atoms with van der Waals surface area (Å²) in [6.45, 7) is -0.494. The van der Waals surface area contributed by atoms with Crippen LogP contribution in [0.3, 0.4) is 0 Å². The maximum atomic E-state index is 13.2. The van der Waals surface area contributed by atoms with Crippen molar-refractivity contribution in [3.8, 4) is 5.75 Å². The number of H-pyrrole nitrogens is 1. The Labute approximate surface area is 230 Å². The molecule has 0 spiro atoms. The lowest BCUT2D eigenvalue weighted by Crippen LogP contribution is -2.40. The summed E-state index contributed by atoms with van der Waals surface area (Å²) < 4.78 is 70.5. The number of halogens is 6. The van der Waals surface area contributed by atoms with Gasteiger partial charge in [-0.15, -0.1) is 0 Å². The first kappa shape index (κ1) is 28.1. The number of hydrogen-bond donors (Lipinski definition) is 3. The molecule has 3 aromatic rings. The van der Waals surface area contributed by atoms with Crippen LogP contribution in [0.1, 0.15) is 53.0 Å². The van der Waals surface area contributed by atoms with E-state index in [1.165, 1.54) is 12.1 Å². The van der Waals surface area contributed by atoms with E-state index in [9.17, 15) is 31.5 Å². The van der Waals surface area contributed by atoms with Crippen LogP contribution in [-0.4, -0.2) is 47.5 Å². The highest BCUT2D eigenvalue weighted by Crippen LogP contribution is 2.57. The normalized spacial score (nSPS) is 16.3. The lowest BCUT2D eigenvalue weighted by Gasteiger charge is -2.18. The van der Waals surface area contributed by atoms with Crippen LogP contribution in [0.4, 0.5) is 22.0 Å². The van der Waals surface area contributed by atoms with Crippen LogP contribution < -0.4 is 15.4 Å². The molecule has 13 heteroatoms. The Hall–Kier alpha value is -3.41. The van der Waals surface area contributed by atoms with Crippen molar-refractivity contribution in [3.05, 3.63) is 57.9 Å². The van der Waals surface area contributed by atoms with Gasteiger partial charge in [0.25, 0.3) is 12.3 Å². The van der Waals surface area contributed by atoms with Gasteiger partial charge in [-0.2, -0.15) is 13.2 Å². The molecule has 0 atom stereocenters. The Morgan fingerprint density at radius 2 is 1.90 bits per heavy atom. The fourth-order valence-corrected chi connectivity index (χ4v) is 4.63. The Morgan fingerprint density at radius 1 is 1.15 bits per heavy atom. The molecule has 0 unspecified atom stereocenters. The summed E-state index contributed by atoms with van der Waals surface area (Å²) in [4.78, 5) is 32.6. The lowest BCUT2D eigenvalue weighted by atomic mass is 10.0. The SMILES string of the molecule is O=C(NCC1CC1)c1cc2[nH]c(Cc3cc(CNC(=O)C4(C(F)(F)F)CC4)ccc3Cl)nc2cc1OCC(F)F. The molecule has 2 aliphatic carbocycles. The van der Waals surface area contributed by atoms with E-state index in [0.29, 0.717) is 45.5 Å². The topological polar surface area (TPSA) is 96.1 Å². The Bertz CT molecular complexity index is 1430. The zero-order valence-corrected chi connectivity index (χ0v) is 21.9. The molecule has 0 bridgehead atoms. The lowest BCUT2D eigenvalue weighted by molar-refractivity contribution is -0.192. The highest BCUT2D eigenvalue weighted by Gasteiger charge is 2.68. The van der Waals surface area contributed by atoms with Gasteiger partial charge >= 0.3 is 6.18 Å². The van der Waals surface area contributed by atoms with E-state index in [-0.39, 0.29) is 37.1 Å². The average Bonchev–Trinajstić information content (AvgIpc) is 3.82. The van der Waals surface area contributed by atoms with Crippen LogP contribution in [-0.2, 0) is 17.8 Å². The number of nitrogens with one attached hydrogen (secondary N) is 3. The van der Waals surface area contributed by atoms with E-state index in [1.54, 1.807) is 18.2 Å². The van der Waals surface area contributed by atoms with Crippen molar-refractivity contribution < 1.29 is 36.3 Å². The number of carbonyl (C=O) groups is 2. The molecule has 2 amide bonds. The van der Waals surface area contributed by atoms with E-state index in [0.717, 1.165) is 12.8 Å². The minimum atomic E-state index is -4.59. The first-order valence-corrected chi connectivity index (χ1v) is 13.2. The maximum Gasteiger partial charge on any atom is 0.403 e. The molecular weight excluding hydrogens is 559 g/mol. The van der Waals surface area contributed by atoms with Crippen LogP contribution >= 0.6 is 11.6 Å². The average molecular weight is 585 g/mol. The highest BCUT2D eigenvalue weighted by molar-refractivity contribution is 6.31. The summed E-state index contributed by atoms with van der Waals surface area (Å²) in [6.07, 6.45) is -5.51. The number of ether oxygens (including phenoxy) is 1. The number of amides is 2. The maximum absolute atomic E-state index is 13.2. The highest BCUT2D eigenvalue weighted by atomic mass is 35.5. The number of aromatic nitrogens is 2. The third-order valence-electron chi connectivity index (χ3n) is 7.14. The van der Waals surface area contributed by atoms with Gasteiger partial charge < -0.3 is 20.4 Å². The zero-order valence-electron chi connectivity index (χ0n) is 21.1. The van der Waals surface area contributed by atoms with E-state index >= 15 is 0 Å². The molecule has 1 aromatic heterocycles. The minimum absolute atomic E-state index is 0.0118. The summed E-state index contributed by atoms with van der Waals surface area (Å²) in [6, 6.07) is 7.77. The summed E-state index contributed by atoms with van der Waals surface area (Å²) >= 11 is 6.36. The van der Waals surface area contributed by atoms with Gasteiger partial charge in [-0.3, -0.25) is 9.59 Å². The van der Waals surface area contributed by atoms with Crippen LogP contribution in [0.25, 0.3) is 11.0 Å². The summed E-state index contributed by atoms with van der Waals surface area (Å²) in [5.74, 6) is -0.629. The molecule has 40 heavy (non-hydrogen) atoms. The number of hydrogen-bond acceptors (Lipinski definition) is 4. The van der Waals surface area contributed by atoms with Crippen molar-refractivity contribution in [2.75, 3.05) is 13.2 Å². The molecule has 0 saturated heterocycles.